The van der Waals surface area contributed by atoms with Crippen LogP contribution in [0.2, 0.25) is 0 Å². The fourth-order valence-electron chi connectivity index (χ4n) is 3.61. The van der Waals surface area contributed by atoms with Crippen LogP contribution in [0.4, 0.5) is 13.2 Å². The van der Waals surface area contributed by atoms with Crippen molar-refractivity contribution >= 4 is 21.8 Å². The molecular weight excluding hydrogens is 461 g/mol. The standard InChI is InChI=1S/C21H15F3N4O4S/c22-21(23,24)19-9-17(28(27-19)14-1-3-15(4-2-14)33(25,29)30)16-7-13(12-5-6-26-10-12)8-18-20(16)32-11-31-18/h1-9H,10-11H2,(H2,25,29,30). The summed E-state index contributed by atoms with van der Waals surface area (Å²) in [6, 6.07) is 9.40. The molecule has 0 fully saturated rings. The molecule has 0 spiro atoms. The molecule has 2 aliphatic rings. The van der Waals surface area contributed by atoms with E-state index in [4.69, 9.17) is 14.6 Å². The molecule has 0 saturated carbocycles. The van der Waals surface area contributed by atoms with E-state index in [-0.39, 0.29) is 28.8 Å². The van der Waals surface area contributed by atoms with Crippen LogP contribution >= 0.6 is 0 Å². The number of rotatable bonds is 4. The van der Waals surface area contributed by atoms with Gasteiger partial charge in [0, 0.05) is 11.8 Å². The molecule has 0 bridgehead atoms. The smallest absolute Gasteiger partial charge is 0.435 e. The summed E-state index contributed by atoms with van der Waals surface area (Å²) >= 11 is 0. The highest BCUT2D eigenvalue weighted by atomic mass is 32.2. The molecule has 170 valence electrons. The minimum atomic E-state index is -4.71. The third-order valence-corrected chi connectivity index (χ3v) is 6.10. The van der Waals surface area contributed by atoms with Gasteiger partial charge in [0.05, 0.1) is 22.8 Å². The number of allylic oxidation sites excluding steroid dienone is 1. The molecule has 2 N–H and O–H groups in total. The van der Waals surface area contributed by atoms with Crippen molar-refractivity contribution in [3.8, 4) is 28.4 Å². The Morgan fingerprint density at radius 2 is 1.82 bits per heavy atom. The van der Waals surface area contributed by atoms with Crippen molar-refractivity contribution in [3.05, 3.63) is 59.8 Å². The Hall–Kier alpha value is -3.64. The molecule has 8 nitrogen and oxygen atoms in total. The van der Waals surface area contributed by atoms with E-state index in [1.807, 2.05) is 6.08 Å². The first-order valence-electron chi connectivity index (χ1n) is 9.55. The van der Waals surface area contributed by atoms with Gasteiger partial charge in [-0.15, -0.1) is 0 Å². The number of nitrogens with two attached hydrogens (primary N) is 1. The average molecular weight is 476 g/mol. The molecular formula is C21H15F3N4O4S. The first kappa shape index (κ1) is 21.2. The highest BCUT2D eigenvalue weighted by Crippen LogP contribution is 2.45. The number of aliphatic imine (C=N–C) groups is 1. The largest absolute Gasteiger partial charge is 0.454 e. The Labute approximate surface area is 185 Å². The quantitative estimate of drug-likeness (QED) is 0.621. The van der Waals surface area contributed by atoms with Crippen LogP contribution in [0.5, 0.6) is 11.5 Å². The van der Waals surface area contributed by atoms with Crippen LogP contribution in [0, 0.1) is 0 Å². The maximum atomic E-state index is 13.6. The van der Waals surface area contributed by atoms with Crippen molar-refractivity contribution in [2.75, 3.05) is 13.3 Å². The second-order valence-electron chi connectivity index (χ2n) is 7.30. The number of sulfonamides is 1. The van der Waals surface area contributed by atoms with Gasteiger partial charge in [-0.05, 0) is 59.7 Å². The predicted molar refractivity (Wildman–Crippen MR) is 113 cm³/mol. The maximum Gasteiger partial charge on any atom is 0.435 e. The van der Waals surface area contributed by atoms with Gasteiger partial charge < -0.3 is 9.47 Å². The Bertz CT molecular complexity index is 1420. The number of alkyl halides is 3. The van der Waals surface area contributed by atoms with Gasteiger partial charge in [0.2, 0.25) is 16.8 Å². The number of ether oxygens (including phenoxy) is 2. The number of benzene rings is 2. The van der Waals surface area contributed by atoms with Crippen LogP contribution in [0.3, 0.4) is 0 Å². The van der Waals surface area contributed by atoms with Crippen molar-refractivity contribution in [2.24, 2.45) is 10.1 Å². The van der Waals surface area contributed by atoms with Gasteiger partial charge in [-0.25, -0.2) is 18.2 Å². The molecule has 1 aromatic heterocycles. The number of halogens is 3. The van der Waals surface area contributed by atoms with E-state index in [0.717, 1.165) is 21.9 Å². The summed E-state index contributed by atoms with van der Waals surface area (Å²) in [5.41, 5.74) is 1.11. The van der Waals surface area contributed by atoms with Crippen molar-refractivity contribution in [1.82, 2.24) is 9.78 Å². The Morgan fingerprint density at radius 3 is 2.45 bits per heavy atom. The summed E-state index contributed by atoms with van der Waals surface area (Å²) in [4.78, 5) is 3.97. The molecule has 12 heteroatoms. The Balaban J connectivity index is 1.71. The van der Waals surface area contributed by atoms with E-state index in [2.05, 4.69) is 10.1 Å². The lowest BCUT2D eigenvalue weighted by Gasteiger charge is -2.12. The first-order valence-corrected chi connectivity index (χ1v) is 11.1. The molecule has 2 aliphatic heterocycles. The van der Waals surface area contributed by atoms with Gasteiger partial charge in [-0.3, -0.25) is 4.99 Å². The topological polar surface area (TPSA) is 109 Å². The molecule has 0 aliphatic carbocycles. The van der Waals surface area contributed by atoms with Crippen molar-refractivity contribution in [2.45, 2.75) is 11.1 Å². The molecule has 0 radical (unpaired) electrons. The van der Waals surface area contributed by atoms with E-state index in [1.54, 1.807) is 18.3 Å². The molecule has 0 unspecified atom stereocenters. The van der Waals surface area contributed by atoms with E-state index in [0.29, 0.717) is 17.9 Å². The zero-order valence-corrected chi connectivity index (χ0v) is 17.5. The number of fused-ring (bicyclic) bond motifs is 1. The van der Waals surface area contributed by atoms with Crippen LogP contribution in [-0.4, -0.2) is 37.8 Å². The molecule has 3 heterocycles. The van der Waals surface area contributed by atoms with E-state index < -0.39 is 21.9 Å². The third-order valence-electron chi connectivity index (χ3n) is 5.17. The monoisotopic (exact) mass is 476 g/mol. The van der Waals surface area contributed by atoms with E-state index in [1.165, 1.54) is 24.3 Å². The highest BCUT2D eigenvalue weighted by Gasteiger charge is 2.36. The SMILES string of the molecule is NS(=O)(=O)c1ccc(-n2nc(C(F)(F)F)cc2-c2cc(C3=CC=NC3)cc3c2OCO3)cc1. The lowest BCUT2D eigenvalue weighted by molar-refractivity contribution is -0.141. The highest BCUT2D eigenvalue weighted by molar-refractivity contribution is 7.89. The number of hydrogen-bond donors (Lipinski definition) is 1. The second kappa shape index (κ2) is 7.46. The Morgan fingerprint density at radius 1 is 1.06 bits per heavy atom. The molecule has 0 saturated heterocycles. The zero-order chi connectivity index (χ0) is 23.4. The van der Waals surface area contributed by atoms with Crippen molar-refractivity contribution in [1.29, 1.82) is 0 Å². The number of nitrogens with zero attached hydrogens (tertiary/aromatic N) is 3. The van der Waals surface area contributed by atoms with Crippen LogP contribution < -0.4 is 14.6 Å². The summed E-state index contributed by atoms with van der Waals surface area (Å²) < 4.78 is 76.0. The predicted octanol–water partition coefficient (Wildman–Crippen LogP) is 3.40. The number of primary sulfonamides is 1. The van der Waals surface area contributed by atoms with Gasteiger partial charge in [0.1, 0.15) is 0 Å². The third kappa shape index (κ3) is 3.87. The molecule has 3 aromatic rings. The average Bonchev–Trinajstić information content (AvgIpc) is 3.52. The maximum absolute atomic E-state index is 13.6. The lowest BCUT2D eigenvalue weighted by Crippen LogP contribution is -2.12. The second-order valence-corrected chi connectivity index (χ2v) is 8.86. The van der Waals surface area contributed by atoms with Crippen molar-refractivity contribution < 1.29 is 31.1 Å². The Kier molecular flexibility index (Phi) is 4.79. The van der Waals surface area contributed by atoms with E-state index in [9.17, 15) is 21.6 Å². The first-order chi connectivity index (χ1) is 15.6. The summed E-state index contributed by atoms with van der Waals surface area (Å²) in [6.45, 7) is 0.353. The molecule has 2 aromatic carbocycles. The zero-order valence-electron chi connectivity index (χ0n) is 16.7. The van der Waals surface area contributed by atoms with Gasteiger partial charge in [0.25, 0.3) is 0 Å². The van der Waals surface area contributed by atoms with E-state index >= 15 is 0 Å². The minimum Gasteiger partial charge on any atom is -0.454 e. The summed E-state index contributed by atoms with van der Waals surface area (Å²) in [5, 5.41) is 8.87. The summed E-state index contributed by atoms with van der Waals surface area (Å²) in [7, 11) is -3.97. The molecule has 5 rings (SSSR count). The minimum absolute atomic E-state index is 0.0787. The lowest BCUT2D eigenvalue weighted by atomic mass is 10.00. The number of aromatic nitrogens is 2. The molecule has 0 atom stereocenters. The summed E-state index contributed by atoms with van der Waals surface area (Å²) in [5.74, 6) is 0.676. The molecule has 33 heavy (non-hydrogen) atoms. The fraction of sp³-hybridized carbons (Fsp3) is 0.143. The van der Waals surface area contributed by atoms with Gasteiger partial charge >= 0.3 is 6.18 Å². The normalized spacial score (nSPS) is 15.2. The fourth-order valence-corrected chi connectivity index (χ4v) is 4.12. The van der Waals surface area contributed by atoms with Crippen LogP contribution in [0.25, 0.3) is 22.5 Å². The van der Waals surface area contributed by atoms with Crippen LogP contribution in [0.1, 0.15) is 11.3 Å². The van der Waals surface area contributed by atoms with Crippen LogP contribution in [-0.2, 0) is 16.2 Å². The summed E-state index contributed by atoms with van der Waals surface area (Å²) in [6.07, 6.45) is -1.25. The van der Waals surface area contributed by atoms with Gasteiger partial charge in [-0.2, -0.15) is 18.3 Å². The molecule has 0 amide bonds. The van der Waals surface area contributed by atoms with Crippen molar-refractivity contribution in [3.63, 3.8) is 0 Å². The van der Waals surface area contributed by atoms with Crippen LogP contribution in [0.15, 0.2) is 58.4 Å². The van der Waals surface area contributed by atoms with Gasteiger partial charge in [0.15, 0.2) is 17.2 Å². The number of hydrogen-bond acceptors (Lipinski definition) is 6. The van der Waals surface area contributed by atoms with Gasteiger partial charge in [-0.1, -0.05) is 0 Å².